The molecule has 0 fully saturated rings. The molecule has 1 amide bonds. The smallest absolute Gasteiger partial charge is 0.416 e. The summed E-state index contributed by atoms with van der Waals surface area (Å²) >= 11 is 0. The number of rotatable bonds is 8. The molecule has 0 radical (unpaired) electrons. The number of ether oxygens (including phenoxy) is 3. The van der Waals surface area contributed by atoms with Crippen molar-refractivity contribution in [3.63, 3.8) is 0 Å². The molecule has 1 aliphatic rings. The maximum absolute atomic E-state index is 13.5. The average molecular weight is 559 g/mol. The van der Waals surface area contributed by atoms with Gasteiger partial charge in [0, 0.05) is 18.2 Å². The van der Waals surface area contributed by atoms with Crippen LogP contribution in [0.25, 0.3) is 10.9 Å². The molecule has 0 saturated heterocycles. The van der Waals surface area contributed by atoms with E-state index >= 15 is 0 Å². The highest BCUT2D eigenvalue weighted by molar-refractivity contribution is 6.06. The number of halogens is 3. The second kappa shape index (κ2) is 11.8. The monoisotopic (exact) mass is 558 g/mol. The van der Waals surface area contributed by atoms with E-state index < -0.39 is 30.2 Å². The number of fused-ring (bicyclic) bond motifs is 2. The molecule has 4 rings (SSSR count). The maximum Gasteiger partial charge on any atom is 0.416 e. The number of hydrogen-bond acceptors (Lipinski definition) is 6. The molecule has 2 aromatic carbocycles. The highest BCUT2D eigenvalue weighted by atomic mass is 19.4. The fourth-order valence-electron chi connectivity index (χ4n) is 4.92. The topological polar surface area (TPSA) is 86.8 Å². The van der Waals surface area contributed by atoms with Gasteiger partial charge in [0.2, 0.25) is 0 Å². The first kappa shape index (κ1) is 29.3. The molecule has 1 aromatic heterocycles. The van der Waals surface area contributed by atoms with Gasteiger partial charge in [-0.1, -0.05) is 39.0 Å². The van der Waals surface area contributed by atoms with Crippen molar-refractivity contribution in [1.29, 1.82) is 0 Å². The number of carbonyl (C=O) groups is 2. The van der Waals surface area contributed by atoms with Crippen molar-refractivity contribution in [2.24, 2.45) is 11.3 Å². The van der Waals surface area contributed by atoms with Crippen molar-refractivity contribution in [3.05, 3.63) is 64.8 Å². The highest BCUT2D eigenvalue weighted by Gasteiger charge is 2.34. The Balaban J connectivity index is 1.56. The number of benzene rings is 2. The van der Waals surface area contributed by atoms with Gasteiger partial charge >= 0.3 is 12.1 Å². The third-order valence-corrected chi connectivity index (χ3v) is 7.15. The summed E-state index contributed by atoms with van der Waals surface area (Å²) in [4.78, 5) is 31.0. The van der Waals surface area contributed by atoms with Crippen LogP contribution in [0, 0.1) is 11.3 Å². The number of alkyl halides is 3. The molecule has 0 bridgehead atoms. The van der Waals surface area contributed by atoms with Crippen LogP contribution in [0.2, 0.25) is 0 Å². The summed E-state index contributed by atoms with van der Waals surface area (Å²) in [6.45, 7) is 6.07. The first-order valence-corrected chi connectivity index (χ1v) is 13.1. The van der Waals surface area contributed by atoms with E-state index in [0.717, 1.165) is 42.3 Å². The number of aryl methyl sites for hydroxylation is 1. The third kappa shape index (κ3) is 6.72. The van der Waals surface area contributed by atoms with Crippen molar-refractivity contribution in [1.82, 2.24) is 4.98 Å². The fraction of sp³-hybridized carbons (Fsp3) is 0.433. The molecule has 3 aromatic rings. The lowest BCUT2D eigenvalue weighted by atomic mass is 9.70. The molecule has 1 N–H and O–H groups in total. The van der Waals surface area contributed by atoms with Gasteiger partial charge in [0.05, 0.1) is 28.9 Å². The van der Waals surface area contributed by atoms with Crippen molar-refractivity contribution < 1.29 is 37.0 Å². The standard InChI is InChI=1S/C30H33F3N2O5/c1-29(2,3)18-9-11-23-21(15-18)27(20-7-5-6-8-22(20)34-23)28(37)40-17-26(36)35-24-16-19(30(31,32)33)10-12-25(24)39-14-13-38-4/h5-8,10,12,16,18H,9,11,13-15,17H2,1-4H3,(H,35,36)/t18-/m0/s1. The summed E-state index contributed by atoms with van der Waals surface area (Å²) in [5.41, 5.74) is 1.59. The Morgan fingerprint density at radius 3 is 2.52 bits per heavy atom. The predicted octanol–water partition coefficient (Wildman–Crippen LogP) is 6.23. The molecule has 0 aliphatic heterocycles. The van der Waals surface area contributed by atoms with E-state index in [-0.39, 0.29) is 30.1 Å². The number of para-hydroxylation sites is 1. The Morgan fingerprint density at radius 2 is 1.82 bits per heavy atom. The normalized spacial score (nSPS) is 15.4. The molecule has 1 atom stereocenters. The summed E-state index contributed by atoms with van der Waals surface area (Å²) in [5.74, 6) is -1.12. The molecule has 10 heteroatoms. The van der Waals surface area contributed by atoms with Crippen LogP contribution in [-0.4, -0.2) is 43.8 Å². The van der Waals surface area contributed by atoms with Gasteiger partial charge in [0.25, 0.3) is 5.91 Å². The second-order valence-corrected chi connectivity index (χ2v) is 10.9. The van der Waals surface area contributed by atoms with Crippen molar-refractivity contribution >= 4 is 28.5 Å². The highest BCUT2D eigenvalue weighted by Crippen LogP contribution is 2.40. The summed E-state index contributed by atoms with van der Waals surface area (Å²) in [6.07, 6.45) is -2.29. The zero-order valence-corrected chi connectivity index (χ0v) is 23.0. The van der Waals surface area contributed by atoms with E-state index in [9.17, 15) is 22.8 Å². The van der Waals surface area contributed by atoms with Crippen LogP contribution in [0.5, 0.6) is 5.75 Å². The van der Waals surface area contributed by atoms with Crippen LogP contribution >= 0.6 is 0 Å². The van der Waals surface area contributed by atoms with Crippen LogP contribution < -0.4 is 10.1 Å². The lowest BCUT2D eigenvalue weighted by molar-refractivity contribution is -0.137. The minimum Gasteiger partial charge on any atom is -0.489 e. The number of anilines is 1. The van der Waals surface area contributed by atoms with Crippen LogP contribution in [0.4, 0.5) is 18.9 Å². The van der Waals surface area contributed by atoms with E-state index in [0.29, 0.717) is 28.8 Å². The quantitative estimate of drug-likeness (QED) is 0.261. The molecule has 40 heavy (non-hydrogen) atoms. The van der Waals surface area contributed by atoms with E-state index in [1.165, 1.54) is 7.11 Å². The number of aromatic nitrogens is 1. The second-order valence-electron chi connectivity index (χ2n) is 10.9. The van der Waals surface area contributed by atoms with E-state index in [1.54, 1.807) is 6.07 Å². The largest absolute Gasteiger partial charge is 0.489 e. The molecular formula is C30H33F3N2O5. The molecule has 0 spiro atoms. The van der Waals surface area contributed by atoms with E-state index in [2.05, 4.69) is 26.1 Å². The molecule has 7 nitrogen and oxygen atoms in total. The van der Waals surface area contributed by atoms with Crippen molar-refractivity contribution in [3.8, 4) is 5.75 Å². The number of amides is 1. The van der Waals surface area contributed by atoms with Gasteiger partial charge in [-0.3, -0.25) is 9.78 Å². The Kier molecular flexibility index (Phi) is 8.68. The number of hydrogen-bond donors (Lipinski definition) is 1. The maximum atomic E-state index is 13.5. The van der Waals surface area contributed by atoms with Gasteiger partial charge in [0.15, 0.2) is 6.61 Å². The van der Waals surface area contributed by atoms with Gasteiger partial charge in [0.1, 0.15) is 12.4 Å². The SMILES string of the molecule is COCCOc1ccc(C(F)(F)F)cc1NC(=O)COC(=O)c1c2c(nc3ccccc13)CC[C@H](C(C)(C)C)C2. The van der Waals surface area contributed by atoms with Crippen LogP contribution in [0.1, 0.15) is 54.4 Å². The molecule has 1 aliphatic carbocycles. The number of carbonyl (C=O) groups excluding carboxylic acids is 2. The predicted molar refractivity (Wildman–Crippen MR) is 144 cm³/mol. The van der Waals surface area contributed by atoms with Gasteiger partial charge in [-0.15, -0.1) is 0 Å². The first-order chi connectivity index (χ1) is 18.9. The van der Waals surface area contributed by atoms with Crippen LogP contribution in [0.15, 0.2) is 42.5 Å². The van der Waals surface area contributed by atoms with Crippen molar-refractivity contribution in [2.45, 2.75) is 46.2 Å². The Morgan fingerprint density at radius 1 is 1.07 bits per heavy atom. The molecule has 214 valence electrons. The molecule has 0 saturated carbocycles. The number of nitrogens with zero attached hydrogens (tertiary/aromatic N) is 1. The summed E-state index contributed by atoms with van der Waals surface area (Å²) in [6, 6.07) is 10.0. The number of methoxy groups -OCH3 is 1. The van der Waals surface area contributed by atoms with Crippen LogP contribution in [-0.2, 0) is 33.3 Å². The Hall–Kier alpha value is -3.66. The zero-order valence-electron chi connectivity index (χ0n) is 23.0. The van der Waals surface area contributed by atoms with Gasteiger partial charge in [-0.05, 0) is 60.4 Å². The van der Waals surface area contributed by atoms with Gasteiger partial charge < -0.3 is 19.5 Å². The zero-order chi connectivity index (χ0) is 29.1. The minimum absolute atomic E-state index is 0.0262. The number of esters is 1. The lowest BCUT2D eigenvalue weighted by Crippen LogP contribution is -2.29. The summed E-state index contributed by atoms with van der Waals surface area (Å²) in [7, 11) is 1.46. The first-order valence-electron chi connectivity index (χ1n) is 13.1. The Labute approximate surface area is 231 Å². The summed E-state index contributed by atoms with van der Waals surface area (Å²) < 4.78 is 55.7. The Bertz CT molecular complexity index is 1400. The molecule has 0 unspecified atom stereocenters. The minimum atomic E-state index is -4.62. The van der Waals surface area contributed by atoms with E-state index in [1.807, 2.05) is 18.2 Å². The average Bonchev–Trinajstić information content (AvgIpc) is 2.89. The number of pyridine rings is 1. The third-order valence-electron chi connectivity index (χ3n) is 7.15. The molecule has 1 heterocycles. The lowest BCUT2D eigenvalue weighted by Gasteiger charge is -2.35. The molecular weight excluding hydrogens is 525 g/mol. The fourth-order valence-corrected chi connectivity index (χ4v) is 4.92. The van der Waals surface area contributed by atoms with Crippen molar-refractivity contribution in [2.75, 3.05) is 32.2 Å². The number of nitrogens with one attached hydrogen (secondary N) is 1. The summed E-state index contributed by atoms with van der Waals surface area (Å²) in [5, 5.41) is 3.02. The van der Waals surface area contributed by atoms with Gasteiger partial charge in [-0.25, -0.2) is 4.79 Å². The van der Waals surface area contributed by atoms with Gasteiger partial charge in [-0.2, -0.15) is 13.2 Å². The van der Waals surface area contributed by atoms with E-state index in [4.69, 9.17) is 19.2 Å². The van der Waals surface area contributed by atoms with Crippen LogP contribution in [0.3, 0.4) is 0 Å².